The minimum atomic E-state index is -4.51. The zero-order chi connectivity index (χ0) is 13.1. The Morgan fingerprint density at radius 1 is 1.24 bits per heavy atom. The van der Waals surface area contributed by atoms with Crippen LogP contribution in [0.15, 0.2) is 24.3 Å². The SMILES string of the molecule is NC(=O)C(=O)NCc1ccccc1C(F)(F)F. The highest BCUT2D eigenvalue weighted by atomic mass is 19.4. The van der Waals surface area contributed by atoms with E-state index in [9.17, 15) is 22.8 Å². The molecule has 0 fully saturated rings. The minimum absolute atomic E-state index is 0.130. The second-order valence-electron chi connectivity index (χ2n) is 3.20. The van der Waals surface area contributed by atoms with E-state index in [4.69, 9.17) is 0 Å². The van der Waals surface area contributed by atoms with E-state index in [0.717, 1.165) is 6.07 Å². The van der Waals surface area contributed by atoms with Crippen molar-refractivity contribution in [3.63, 3.8) is 0 Å². The van der Waals surface area contributed by atoms with Crippen molar-refractivity contribution in [3.8, 4) is 0 Å². The van der Waals surface area contributed by atoms with Crippen molar-refractivity contribution in [2.45, 2.75) is 12.7 Å². The van der Waals surface area contributed by atoms with Crippen LogP contribution in [-0.2, 0) is 22.3 Å². The van der Waals surface area contributed by atoms with Crippen LogP contribution in [0.4, 0.5) is 13.2 Å². The van der Waals surface area contributed by atoms with Crippen molar-refractivity contribution >= 4 is 11.8 Å². The van der Waals surface area contributed by atoms with Gasteiger partial charge < -0.3 is 11.1 Å². The van der Waals surface area contributed by atoms with Gasteiger partial charge in [-0.05, 0) is 11.6 Å². The fourth-order valence-electron chi connectivity index (χ4n) is 1.21. The minimum Gasteiger partial charge on any atom is -0.361 e. The number of nitrogens with two attached hydrogens (primary N) is 1. The number of amides is 2. The third kappa shape index (κ3) is 3.47. The number of alkyl halides is 3. The van der Waals surface area contributed by atoms with E-state index in [0.29, 0.717) is 0 Å². The van der Waals surface area contributed by atoms with E-state index < -0.39 is 30.1 Å². The lowest BCUT2D eigenvalue weighted by atomic mass is 10.1. The molecular formula is C10H9F3N2O2. The molecular weight excluding hydrogens is 237 g/mol. The summed E-state index contributed by atoms with van der Waals surface area (Å²) < 4.78 is 37.6. The summed E-state index contributed by atoms with van der Waals surface area (Å²) in [4.78, 5) is 21.2. The van der Waals surface area contributed by atoms with E-state index in [2.05, 4.69) is 5.73 Å². The molecule has 0 saturated heterocycles. The molecule has 0 aromatic heterocycles. The van der Waals surface area contributed by atoms with Crippen molar-refractivity contribution in [2.75, 3.05) is 0 Å². The molecule has 7 heteroatoms. The number of halogens is 3. The largest absolute Gasteiger partial charge is 0.416 e. The van der Waals surface area contributed by atoms with E-state index in [-0.39, 0.29) is 5.56 Å². The van der Waals surface area contributed by atoms with E-state index >= 15 is 0 Å². The average Bonchev–Trinajstić information content (AvgIpc) is 2.24. The van der Waals surface area contributed by atoms with Gasteiger partial charge in [0.2, 0.25) is 0 Å². The average molecular weight is 246 g/mol. The second-order valence-corrected chi connectivity index (χ2v) is 3.20. The summed E-state index contributed by atoms with van der Waals surface area (Å²) in [5.41, 5.74) is 3.66. The fraction of sp³-hybridized carbons (Fsp3) is 0.200. The van der Waals surface area contributed by atoms with Gasteiger partial charge in [0.1, 0.15) is 0 Å². The molecule has 92 valence electrons. The van der Waals surface area contributed by atoms with E-state index in [1.807, 2.05) is 5.32 Å². The Morgan fingerprint density at radius 3 is 2.35 bits per heavy atom. The molecule has 3 N–H and O–H groups in total. The highest BCUT2D eigenvalue weighted by molar-refractivity contribution is 6.34. The first-order valence-electron chi connectivity index (χ1n) is 4.55. The third-order valence-electron chi connectivity index (χ3n) is 1.99. The number of nitrogens with one attached hydrogen (secondary N) is 1. The Balaban J connectivity index is 2.85. The Morgan fingerprint density at radius 2 is 1.82 bits per heavy atom. The van der Waals surface area contributed by atoms with E-state index in [1.54, 1.807) is 0 Å². The first kappa shape index (κ1) is 13.0. The van der Waals surface area contributed by atoms with Crippen molar-refractivity contribution in [2.24, 2.45) is 5.73 Å². The summed E-state index contributed by atoms with van der Waals surface area (Å²) in [5.74, 6) is -2.36. The summed E-state index contributed by atoms with van der Waals surface area (Å²) in [5, 5.41) is 2.00. The van der Waals surface area contributed by atoms with Gasteiger partial charge in [0.15, 0.2) is 0 Å². The molecule has 0 saturated carbocycles. The lowest BCUT2D eigenvalue weighted by Gasteiger charge is -2.12. The number of primary amides is 1. The summed E-state index contributed by atoms with van der Waals surface area (Å²) in [6.07, 6.45) is -4.51. The number of carbonyl (C=O) groups excluding carboxylic acids is 2. The van der Waals surface area contributed by atoms with Gasteiger partial charge in [-0.15, -0.1) is 0 Å². The smallest absolute Gasteiger partial charge is 0.361 e. The molecule has 0 aliphatic carbocycles. The number of hydrogen-bond donors (Lipinski definition) is 2. The number of rotatable bonds is 2. The topological polar surface area (TPSA) is 72.2 Å². The lowest BCUT2D eigenvalue weighted by molar-refractivity contribution is -0.139. The highest BCUT2D eigenvalue weighted by Crippen LogP contribution is 2.31. The Kier molecular flexibility index (Phi) is 3.72. The number of hydrogen-bond acceptors (Lipinski definition) is 2. The first-order valence-corrected chi connectivity index (χ1v) is 4.55. The summed E-state index contributed by atoms with van der Waals surface area (Å²) in [7, 11) is 0. The van der Waals surface area contributed by atoms with Crippen LogP contribution in [0.25, 0.3) is 0 Å². The van der Waals surface area contributed by atoms with Crippen molar-refractivity contribution < 1.29 is 22.8 Å². The molecule has 17 heavy (non-hydrogen) atoms. The maximum Gasteiger partial charge on any atom is 0.416 e. The molecule has 0 aliphatic rings. The zero-order valence-electron chi connectivity index (χ0n) is 8.54. The normalized spacial score (nSPS) is 11.0. The molecule has 1 aromatic rings. The molecule has 1 rings (SSSR count). The van der Waals surface area contributed by atoms with Gasteiger partial charge in [0, 0.05) is 6.54 Å². The van der Waals surface area contributed by atoms with Crippen LogP contribution in [0.2, 0.25) is 0 Å². The number of carbonyl (C=O) groups is 2. The highest BCUT2D eigenvalue weighted by Gasteiger charge is 2.32. The first-order chi connectivity index (χ1) is 7.82. The monoisotopic (exact) mass is 246 g/mol. The van der Waals surface area contributed by atoms with Crippen molar-refractivity contribution in [1.29, 1.82) is 0 Å². The van der Waals surface area contributed by atoms with Crippen LogP contribution >= 0.6 is 0 Å². The standard InChI is InChI=1S/C10H9F3N2O2/c11-10(12,13)7-4-2-1-3-6(7)5-15-9(17)8(14)16/h1-4H,5H2,(H2,14,16)(H,15,17). The molecule has 1 aromatic carbocycles. The summed E-state index contributed by atoms with van der Waals surface area (Å²) in [6, 6.07) is 4.75. The van der Waals surface area contributed by atoms with Crippen LogP contribution in [-0.4, -0.2) is 11.8 Å². The van der Waals surface area contributed by atoms with Crippen molar-refractivity contribution in [3.05, 3.63) is 35.4 Å². The van der Waals surface area contributed by atoms with Gasteiger partial charge in [-0.1, -0.05) is 18.2 Å². The van der Waals surface area contributed by atoms with Crippen LogP contribution in [0.3, 0.4) is 0 Å². The summed E-state index contributed by atoms with van der Waals surface area (Å²) >= 11 is 0. The van der Waals surface area contributed by atoms with E-state index in [1.165, 1.54) is 18.2 Å². The molecule has 0 heterocycles. The van der Waals surface area contributed by atoms with Crippen LogP contribution in [0.5, 0.6) is 0 Å². The molecule has 0 bridgehead atoms. The molecule has 4 nitrogen and oxygen atoms in total. The summed E-state index contributed by atoms with van der Waals surface area (Å²) in [6.45, 7) is -0.405. The maximum absolute atomic E-state index is 12.5. The van der Waals surface area contributed by atoms with Gasteiger partial charge in [-0.3, -0.25) is 9.59 Å². The fourth-order valence-corrected chi connectivity index (χ4v) is 1.21. The van der Waals surface area contributed by atoms with Gasteiger partial charge in [-0.2, -0.15) is 13.2 Å². The molecule has 0 unspecified atom stereocenters. The van der Waals surface area contributed by atoms with Gasteiger partial charge in [0.25, 0.3) is 0 Å². The van der Waals surface area contributed by atoms with Gasteiger partial charge >= 0.3 is 18.0 Å². The van der Waals surface area contributed by atoms with Gasteiger partial charge in [-0.25, -0.2) is 0 Å². The molecule has 0 aliphatic heterocycles. The zero-order valence-corrected chi connectivity index (χ0v) is 8.54. The second kappa shape index (κ2) is 4.86. The number of benzene rings is 1. The third-order valence-corrected chi connectivity index (χ3v) is 1.99. The van der Waals surface area contributed by atoms with Crippen LogP contribution in [0.1, 0.15) is 11.1 Å². The molecule has 0 atom stereocenters. The lowest BCUT2D eigenvalue weighted by Crippen LogP contribution is -2.35. The molecule has 0 radical (unpaired) electrons. The molecule has 2 amide bonds. The Bertz CT molecular complexity index is 443. The Labute approximate surface area is 94.6 Å². The van der Waals surface area contributed by atoms with Crippen molar-refractivity contribution in [1.82, 2.24) is 5.32 Å². The predicted molar refractivity (Wildman–Crippen MR) is 52.5 cm³/mol. The molecule has 0 spiro atoms. The van der Waals surface area contributed by atoms with Gasteiger partial charge in [0.05, 0.1) is 5.56 Å². The quantitative estimate of drug-likeness (QED) is 0.758. The Hall–Kier alpha value is -2.05. The maximum atomic E-state index is 12.5. The van der Waals surface area contributed by atoms with Crippen LogP contribution in [0, 0.1) is 0 Å². The predicted octanol–water partition coefficient (Wildman–Crippen LogP) is 0.807. The van der Waals surface area contributed by atoms with Crippen LogP contribution < -0.4 is 11.1 Å².